The molecule has 0 nitrogen and oxygen atoms in total. The van der Waals surface area contributed by atoms with Gasteiger partial charge < -0.3 is 0 Å². The summed E-state index contributed by atoms with van der Waals surface area (Å²) in [7, 11) is 0. The van der Waals surface area contributed by atoms with E-state index in [1.54, 1.807) is 15.9 Å². The Hall–Kier alpha value is -1.91. The topological polar surface area (TPSA) is 0 Å². The summed E-state index contributed by atoms with van der Waals surface area (Å²) in [5, 5.41) is 4.77. The third-order valence-corrected chi connectivity index (χ3v) is 14.2. The zero-order valence-electron chi connectivity index (χ0n) is 17.0. The van der Waals surface area contributed by atoms with Gasteiger partial charge in [0.1, 0.15) is 0 Å². The molecule has 1 heteroatoms. The van der Waals surface area contributed by atoms with Gasteiger partial charge in [-0.05, 0) is 0 Å². The van der Waals surface area contributed by atoms with Gasteiger partial charge in [-0.3, -0.25) is 0 Å². The van der Waals surface area contributed by atoms with Crippen LogP contribution in [-0.2, 0) is 0 Å². The van der Waals surface area contributed by atoms with E-state index in [1.807, 2.05) is 0 Å². The molecule has 1 saturated heterocycles. The van der Waals surface area contributed by atoms with E-state index in [9.17, 15) is 0 Å². The second kappa shape index (κ2) is 8.62. The Labute approximate surface area is 170 Å². The standard InChI is InChI=1S/C27H33P/c1-2-4-15-23-28(24-16-5-3-1,25-17-9-6-10-18-25,26-19-11-7-12-20-26)27-21-13-8-14-22-27/h6-14,17-22H,1-5,15-16,23-24H2. The summed E-state index contributed by atoms with van der Waals surface area (Å²) >= 11 is 0. The van der Waals surface area contributed by atoms with Crippen LogP contribution in [0.5, 0.6) is 0 Å². The molecule has 0 amide bonds. The fourth-order valence-electron chi connectivity index (χ4n) is 5.50. The molecule has 1 fully saturated rings. The van der Waals surface area contributed by atoms with Crippen molar-refractivity contribution >= 4 is 22.5 Å². The number of rotatable bonds is 3. The fourth-order valence-corrected chi connectivity index (χ4v) is 12.7. The Morgan fingerprint density at radius 2 is 0.643 bits per heavy atom. The Morgan fingerprint density at radius 3 is 0.964 bits per heavy atom. The van der Waals surface area contributed by atoms with Crippen LogP contribution in [-0.4, -0.2) is 12.3 Å². The van der Waals surface area contributed by atoms with Gasteiger partial charge in [0.15, 0.2) is 0 Å². The minimum atomic E-state index is -2.51. The molecule has 1 heterocycles. The van der Waals surface area contributed by atoms with Crippen LogP contribution < -0.4 is 15.9 Å². The predicted octanol–water partition coefficient (Wildman–Crippen LogP) is 6.26. The number of hydrogen-bond donors (Lipinski definition) is 0. The second-order valence-electron chi connectivity index (χ2n) is 8.44. The van der Waals surface area contributed by atoms with Gasteiger partial charge in [-0.25, -0.2) is 0 Å². The van der Waals surface area contributed by atoms with E-state index in [1.165, 1.54) is 57.3 Å². The fraction of sp³-hybridized carbons (Fsp3) is 0.333. The Bertz CT molecular complexity index is 741. The molecule has 3 aromatic rings. The van der Waals surface area contributed by atoms with Gasteiger partial charge >= 0.3 is 171 Å². The van der Waals surface area contributed by atoms with Gasteiger partial charge in [-0.15, -0.1) is 0 Å². The molecule has 0 N–H and O–H groups in total. The van der Waals surface area contributed by atoms with Crippen molar-refractivity contribution in [1.82, 2.24) is 0 Å². The van der Waals surface area contributed by atoms with E-state index >= 15 is 0 Å². The van der Waals surface area contributed by atoms with Crippen LogP contribution in [0.1, 0.15) is 44.9 Å². The van der Waals surface area contributed by atoms with E-state index in [4.69, 9.17) is 0 Å². The van der Waals surface area contributed by atoms with Crippen LogP contribution in [0.3, 0.4) is 0 Å². The van der Waals surface area contributed by atoms with Crippen LogP contribution in [0, 0.1) is 0 Å². The first kappa shape index (κ1) is 19.4. The summed E-state index contributed by atoms with van der Waals surface area (Å²) < 4.78 is 0. The van der Waals surface area contributed by atoms with Crippen molar-refractivity contribution in [2.75, 3.05) is 12.3 Å². The monoisotopic (exact) mass is 388 g/mol. The maximum absolute atomic E-state index is 2.51. The van der Waals surface area contributed by atoms with Crippen molar-refractivity contribution in [2.24, 2.45) is 0 Å². The molecule has 3 aromatic carbocycles. The average Bonchev–Trinajstić information content (AvgIpc) is 2.79. The van der Waals surface area contributed by atoms with Crippen molar-refractivity contribution in [3.63, 3.8) is 0 Å². The molecule has 0 spiro atoms. The summed E-state index contributed by atoms with van der Waals surface area (Å²) in [5.74, 6) is 0. The van der Waals surface area contributed by atoms with Crippen molar-refractivity contribution in [2.45, 2.75) is 44.9 Å². The van der Waals surface area contributed by atoms with Crippen molar-refractivity contribution in [3.8, 4) is 0 Å². The number of benzene rings is 3. The molecule has 1 aliphatic heterocycles. The molecule has 0 unspecified atom stereocenters. The third kappa shape index (κ3) is 3.33. The molecule has 0 atom stereocenters. The molecule has 4 rings (SSSR count). The normalized spacial score (nSPS) is 21.1. The van der Waals surface area contributed by atoms with Gasteiger partial charge in [-0.2, -0.15) is 0 Å². The zero-order chi connectivity index (χ0) is 19.1. The average molecular weight is 389 g/mol. The van der Waals surface area contributed by atoms with Crippen molar-refractivity contribution < 1.29 is 0 Å². The molecule has 28 heavy (non-hydrogen) atoms. The first-order valence-electron chi connectivity index (χ1n) is 11.0. The van der Waals surface area contributed by atoms with Crippen LogP contribution in [0.15, 0.2) is 91.0 Å². The molecule has 0 aliphatic carbocycles. The van der Waals surface area contributed by atoms with E-state index in [-0.39, 0.29) is 0 Å². The molecule has 0 aromatic heterocycles. The molecule has 0 radical (unpaired) electrons. The molecule has 0 saturated carbocycles. The second-order valence-corrected chi connectivity index (χ2v) is 13.9. The van der Waals surface area contributed by atoms with Crippen LogP contribution in [0.4, 0.5) is 0 Å². The van der Waals surface area contributed by atoms with E-state index in [2.05, 4.69) is 91.0 Å². The maximum atomic E-state index is 2.43. The summed E-state index contributed by atoms with van der Waals surface area (Å²) in [6.45, 7) is -2.51. The Morgan fingerprint density at radius 1 is 0.357 bits per heavy atom. The summed E-state index contributed by atoms with van der Waals surface area (Å²) in [4.78, 5) is 0. The zero-order valence-corrected chi connectivity index (χ0v) is 17.9. The Kier molecular flexibility index (Phi) is 5.98. The van der Waals surface area contributed by atoms with Crippen LogP contribution >= 0.6 is 6.60 Å². The van der Waals surface area contributed by atoms with E-state index in [0.29, 0.717) is 0 Å². The molecular formula is C27H33P. The Balaban J connectivity index is 2.04. The van der Waals surface area contributed by atoms with E-state index < -0.39 is 6.60 Å². The molecule has 146 valence electrons. The van der Waals surface area contributed by atoms with Gasteiger partial charge in [0.05, 0.1) is 0 Å². The summed E-state index contributed by atoms with van der Waals surface area (Å²) in [6, 6.07) is 34.7. The van der Waals surface area contributed by atoms with Crippen LogP contribution in [0.25, 0.3) is 0 Å². The van der Waals surface area contributed by atoms with Gasteiger partial charge in [-0.1, -0.05) is 0 Å². The molecule has 0 bridgehead atoms. The SMILES string of the molecule is c1ccc(P2(c3ccccc3)(c3ccccc3)CCCCCCCCC2)cc1. The van der Waals surface area contributed by atoms with Gasteiger partial charge in [0.2, 0.25) is 0 Å². The van der Waals surface area contributed by atoms with Crippen molar-refractivity contribution in [3.05, 3.63) is 91.0 Å². The van der Waals surface area contributed by atoms with Gasteiger partial charge in [0.25, 0.3) is 0 Å². The minimum absolute atomic E-state index is 1.31. The van der Waals surface area contributed by atoms with E-state index in [0.717, 1.165) is 0 Å². The first-order valence-corrected chi connectivity index (χ1v) is 13.6. The predicted molar refractivity (Wildman–Crippen MR) is 127 cm³/mol. The quantitative estimate of drug-likeness (QED) is 0.465. The van der Waals surface area contributed by atoms with Crippen LogP contribution in [0.2, 0.25) is 0 Å². The molecular weight excluding hydrogens is 355 g/mol. The third-order valence-electron chi connectivity index (χ3n) is 6.94. The summed E-state index contributed by atoms with van der Waals surface area (Å²) in [6.07, 6.45) is 12.2. The van der Waals surface area contributed by atoms with Crippen molar-refractivity contribution in [1.29, 1.82) is 0 Å². The first-order chi connectivity index (χ1) is 13.9. The summed E-state index contributed by atoms with van der Waals surface area (Å²) in [5.41, 5.74) is 0. The molecule has 1 aliphatic rings. The number of hydrogen-bond acceptors (Lipinski definition) is 0. The van der Waals surface area contributed by atoms with Gasteiger partial charge in [0, 0.05) is 0 Å².